The van der Waals surface area contributed by atoms with Gasteiger partial charge >= 0.3 is 0 Å². The monoisotopic (exact) mass is 419 g/mol. The molecule has 1 N–H and O–H groups in total. The molecular formula is C24H22ClN3O2. The van der Waals surface area contributed by atoms with Crippen LogP contribution >= 0.6 is 11.6 Å². The molecule has 0 bridgehead atoms. The van der Waals surface area contributed by atoms with Gasteiger partial charge in [-0.1, -0.05) is 41.9 Å². The topological polar surface area (TPSA) is 56.4 Å². The smallest absolute Gasteiger partial charge is 0.255 e. The molecule has 2 fully saturated rings. The zero-order valence-corrected chi connectivity index (χ0v) is 17.4. The van der Waals surface area contributed by atoms with Gasteiger partial charge in [0.25, 0.3) is 5.91 Å². The Bertz CT molecular complexity index is 1200. The largest absolute Gasteiger partial charge is 0.356 e. The van der Waals surface area contributed by atoms with Gasteiger partial charge in [0, 0.05) is 34.4 Å². The summed E-state index contributed by atoms with van der Waals surface area (Å²) in [5.41, 5.74) is 3.05. The summed E-state index contributed by atoms with van der Waals surface area (Å²) < 4.78 is 0. The average Bonchev–Trinajstić information content (AvgIpc) is 3.51. The lowest BCUT2D eigenvalue weighted by molar-refractivity contribution is -0.166. The van der Waals surface area contributed by atoms with Crippen molar-refractivity contribution in [2.24, 2.45) is 0 Å². The predicted molar refractivity (Wildman–Crippen MR) is 115 cm³/mol. The summed E-state index contributed by atoms with van der Waals surface area (Å²) in [6, 6.07) is 16.2. The standard InChI is InChI=1S/C24H22ClN3O2/c1-24-22-21(17-4-2-3-5-19(17)26-22)18(14-6-8-15(25)9-7-14)12-28(24)20(29)13-27(23(24)30)16-10-11-16/h2-9,16,18,26H,10-13H2,1H3/t18-,24-/m0/s1. The lowest BCUT2D eigenvalue weighted by atomic mass is 9.76. The minimum Gasteiger partial charge on any atom is -0.356 e. The fraction of sp³-hybridized carbons (Fsp3) is 0.333. The minimum atomic E-state index is -1.00. The number of carbonyl (C=O) groups excluding carboxylic acids is 2. The summed E-state index contributed by atoms with van der Waals surface area (Å²) in [7, 11) is 0. The van der Waals surface area contributed by atoms with E-state index in [1.807, 2.05) is 49.4 Å². The number of benzene rings is 2. The number of amides is 2. The van der Waals surface area contributed by atoms with Gasteiger partial charge in [-0.05, 0) is 49.1 Å². The Morgan fingerprint density at radius 2 is 1.80 bits per heavy atom. The number of fused-ring (bicyclic) bond motifs is 5. The third-order valence-corrected chi connectivity index (χ3v) is 7.28. The van der Waals surface area contributed by atoms with Crippen molar-refractivity contribution in [1.82, 2.24) is 14.8 Å². The Morgan fingerprint density at radius 1 is 1.07 bits per heavy atom. The van der Waals surface area contributed by atoms with Gasteiger partial charge in [0.05, 0.1) is 5.69 Å². The highest BCUT2D eigenvalue weighted by Crippen LogP contribution is 2.49. The molecule has 3 aliphatic rings. The second-order valence-corrected chi connectivity index (χ2v) is 9.24. The summed E-state index contributed by atoms with van der Waals surface area (Å²) in [6.45, 7) is 2.58. The number of aromatic nitrogens is 1. The van der Waals surface area contributed by atoms with Crippen molar-refractivity contribution >= 4 is 34.3 Å². The molecule has 6 heteroatoms. The van der Waals surface area contributed by atoms with E-state index in [4.69, 9.17) is 11.6 Å². The third kappa shape index (κ3) is 2.36. The molecule has 3 aromatic rings. The van der Waals surface area contributed by atoms with Crippen LogP contribution in [0.4, 0.5) is 0 Å². The van der Waals surface area contributed by atoms with Crippen LogP contribution in [-0.2, 0) is 15.1 Å². The molecule has 0 spiro atoms. The van der Waals surface area contributed by atoms with Crippen molar-refractivity contribution < 1.29 is 9.59 Å². The molecule has 152 valence electrons. The zero-order chi connectivity index (χ0) is 20.6. The Hall–Kier alpha value is -2.79. The first-order valence-corrected chi connectivity index (χ1v) is 10.8. The van der Waals surface area contributed by atoms with Gasteiger partial charge in [-0.15, -0.1) is 0 Å². The van der Waals surface area contributed by atoms with Crippen LogP contribution in [0.3, 0.4) is 0 Å². The second kappa shape index (κ2) is 6.11. The van der Waals surface area contributed by atoms with Crippen LogP contribution in [0.25, 0.3) is 10.9 Å². The molecule has 1 aromatic heterocycles. The molecule has 1 aliphatic carbocycles. The molecule has 2 aliphatic heterocycles. The molecular weight excluding hydrogens is 398 g/mol. The summed E-state index contributed by atoms with van der Waals surface area (Å²) in [4.78, 5) is 34.1. The number of H-pyrrole nitrogens is 1. The number of para-hydroxylation sites is 1. The van der Waals surface area contributed by atoms with Crippen LogP contribution in [0.1, 0.15) is 42.5 Å². The van der Waals surface area contributed by atoms with E-state index in [-0.39, 0.29) is 30.3 Å². The summed E-state index contributed by atoms with van der Waals surface area (Å²) >= 11 is 6.13. The van der Waals surface area contributed by atoms with E-state index in [9.17, 15) is 9.59 Å². The molecule has 0 radical (unpaired) electrons. The van der Waals surface area contributed by atoms with E-state index >= 15 is 0 Å². The summed E-state index contributed by atoms with van der Waals surface area (Å²) in [6.07, 6.45) is 1.98. The number of nitrogens with zero attached hydrogens (tertiary/aromatic N) is 2. The number of halogens is 1. The second-order valence-electron chi connectivity index (χ2n) is 8.80. The minimum absolute atomic E-state index is 0.0206. The molecule has 2 aromatic carbocycles. The van der Waals surface area contributed by atoms with Crippen LogP contribution in [0.15, 0.2) is 48.5 Å². The molecule has 30 heavy (non-hydrogen) atoms. The van der Waals surface area contributed by atoms with Crippen molar-refractivity contribution in [3.8, 4) is 0 Å². The van der Waals surface area contributed by atoms with E-state index < -0.39 is 5.54 Å². The van der Waals surface area contributed by atoms with Crippen LogP contribution in [-0.4, -0.2) is 45.7 Å². The molecule has 6 rings (SSSR count). The van der Waals surface area contributed by atoms with Crippen molar-refractivity contribution in [3.05, 3.63) is 70.4 Å². The van der Waals surface area contributed by atoms with Crippen molar-refractivity contribution in [2.45, 2.75) is 37.3 Å². The van der Waals surface area contributed by atoms with Crippen molar-refractivity contribution in [3.63, 3.8) is 0 Å². The fourth-order valence-corrected chi connectivity index (χ4v) is 5.43. The van der Waals surface area contributed by atoms with Gasteiger partial charge in [-0.2, -0.15) is 0 Å². The Balaban J connectivity index is 1.60. The lowest BCUT2D eigenvalue weighted by Crippen LogP contribution is -2.67. The van der Waals surface area contributed by atoms with Gasteiger partial charge in [0.15, 0.2) is 5.54 Å². The van der Waals surface area contributed by atoms with E-state index in [1.54, 1.807) is 9.80 Å². The van der Waals surface area contributed by atoms with Crippen LogP contribution < -0.4 is 0 Å². The van der Waals surface area contributed by atoms with Crippen molar-refractivity contribution in [1.29, 1.82) is 0 Å². The van der Waals surface area contributed by atoms with Gasteiger partial charge < -0.3 is 14.8 Å². The first-order valence-electron chi connectivity index (χ1n) is 10.5. The molecule has 1 saturated carbocycles. The zero-order valence-electron chi connectivity index (χ0n) is 16.7. The third-order valence-electron chi connectivity index (χ3n) is 7.03. The number of nitrogens with one attached hydrogen (secondary N) is 1. The number of piperazine rings is 1. The fourth-order valence-electron chi connectivity index (χ4n) is 5.31. The molecule has 3 heterocycles. The van der Waals surface area contributed by atoms with Gasteiger partial charge in [0.1, 0.15) is 6.54 Å². The van der Waals surface area contributed by atoms with Gasteiger partial charge in [-0.25, -0.2) is 0 Å². The summed E-state index contributed by atoms with van der Waals surface area (Å²) in [5, 5.41) is 1.79. The molecule has 5 nitrogen and oxygen atoms in total. The van der Waals surface area contributed by atoms with E-state index in [2.05, 4.69) is 11.1 Å². The number of aromatic amines is 1. The highest BCUT2D eigenvalue weighted by molar-refractivity contribution is 6.30. The molecule has 2 atom stereocenters. The van der Waals surface area contributed by atoms with Gasteiger partial charge in [-0.3, -0.25) is 9.59 Å². The van der Waals surface area contributed by atoms with E-state index in [0.717, 1.165) is 40.6 Å². The highest BCUT2D eigenvalue weighted by atomic mass is 35.5. The van der Waals surface area contributed by atoms with Crippen LogP contribution in [0.2, 0.25) is 5.02 Å². The maximum absolute atomic E-state index is 13.7. The van der Waals surface area contributed by atoms with E-state index in [0.29, 0.717) is 11.6 Å². The predicted octanol–water partition coefficient (Wildman–Crippen LogP) is 4.02. The molecule has 1 saturated heterocycles. The van der Waals surface area contributed by atoms with Crippen molar-refractivity contribution in [2.75, 3.05) is 13.1 Å². The molecule has 2 amide bonds. The first-order chi connectivity index (χ1) is 14.5. The maximum Gasteiger partial charge on any atom is 0.255 e. The van der Waals surface area contributed by atoms with Crippen LogP contribution in [0.5, 0.6) is 0 Å². The average molecular weight is 420 g/mol. The lowest BCUT2D eigenvalue weighted by Gasteiger charge is -2.51. The van der Waals surface area contributed by atoms with Crippen LogP contribution in [0, 0.1) is 0 Å². The normalized spacial score (nSPS) is 26.1. The molecule has 0 unspecified atom stereocenters. The number of rotatable bonds is 2. The Labute approximate surface area is 179 Å². The highest BCUT2D eigenvalue weighted by Gasteiger charge is 2.58. The number of carbonyl (C=O) groups is 2. The SMILES string of the molecule is C[C@]12C(=O)N(C3CC3)CC(=O)N1C[C@@H](c1ccc(Cl)cc1)c1c2[nH]c2ccccc12. The Kier molecular flexibility index (Phi) is 3.67. The Morgan fingerprint density at radius 3 is 2.53 bits per heavy atom. The quantitative estimate of drug-likeness (QED) is 0.682. The number of hydrogen-bond acceptors (Lipinski definition) is 2. The number of hydrogen-bond donors (Lipinski definition) is 1. The summed E-state index contributed by atoms with van der Waals surface area (Å²) in [5.74, 6) is 0.0324. The van der Waals surface area contributed by atoms with Gasteiger partial charge in [0.2, 0.25) is 5.91 Å². The van der Waals surface area contributed by atoms with E-state index in [1.165, 1.54) is 0 Å². The first kappa shape index (κ1) is 18.0. The maximum atomic E-state index is 13.7.